The minimum Gasteiger partial charge on any atom is -0.324 e. The van der Waals surface area contributed by atoms with E-state index in [-0.39, 0.29) is 5.56 Å². The maximum absolute atomic E-state index is 13.3. The van der Waals surface area contributed by atoms with Crippen molar-refractivity contribution in [3.05, 3.63) is 35.1 Å². The van der Waals surface area contributed by atoms with Crippen LogP contribution in [0.5, 0.6) is 0 Å². The Balaban J connectivity index is 2.81. The van der Waals surface area contributed by atoms with Gasteiger partial charge in [0.05, 0.1) is 0 Å². The Labute approximate surface area is 93.5 Å². The molecule has 90 valence electrons. The molecule has 16 heavy (non-hydrogen) atoms. The summed E-state index contributed by atoms with van der Waals surface area (Å²) >= 11 is 0. The molecule has 0 spiro atoms. The lowest BCUT2D eigenvalue weighted by molar-refractivity contribution is 0.453. The molecule has 0 aliphatic rings. The summed E-state index contributed by atoms with van der Waals surface area (Å²) in [6.45, 7) is 2.02. The SMILES string of the molecule is CCCCC[C@@H](N)c1c(F)ccc(F)c1F. The first kappa shape index (κ1) is 13.0. The zero-order valence-electron chi connectivity index (χ0n) is 9.27. The van der Waals surface area contributed by atoms with Crippen LogP contribution >= 0.6 is 0 Å². The van der Waals surface area contributed by atoms with Gasteiger partial charge < -0.3 is 5.73 Å². The first-order valence-corrected chi connectivity index (χ1v) is 5.46. The predicted octanol–water partition coefficient (Wildman–Crippen LogP) is 3.68. The molecule has 2 N–H and O–H groups in total. The summed E-state index contributed by atoms with van der Waals surface area (Å²) in [5.41, 5.74) is 5.32. The van der Waals surface area contributed by atoms with Gasteiger partial charge in [-0.05, 0) is 18.6 Å². The Morgan fingerprint density at radius 2 is 1.75 bits per heavy atom. The highest BCUT2D eigenvalue weighted by molar-refractivity contribution is 5.24. The molecule has 1 nitrogen and oxygen atoms in total. The standard InChI is InChI=1S/C12H16F3N/c1-2-3-4-5-10(16)11-8(13)6-7-9(14)12(11)15/h6-7,10H,2-5,16H2,1H3/t10-/m1/s1. The Morgan fingerprint density at radius 3 is 2.38 bits per heavy atom. The molecule has 0 saturated heterocycles. The van der Waals surface area contributed by atoms with E-state index in [4.69, 9.17) is 5.73 Å². The van der Waals surface area contributed by atoms with Crippen LogP contribution < -0.4 is 5.73 Å². The highest BCUT2D eigenvalue weighted by atomic mass is 19.2. The van der Waals surface area contributed by atoms with E-state index < -0.39 is 23.5 Å². The maximum atomic E-state index is 13.3. The molecule has 0 aromatic heterocycles. The Kier molecular flexibility index (Phi) is 4.80. The van der Waals surface area contributed by atoms with Crippen LogP contribution in [-0.2, 0) is 0 Å². The predicted molar refractivity (Wildman–Crippen MR) is 57.4 cm³/mol. The number of rotatable bonds is 5. The average molecular weight is 231 g/mol. The van der Waals surface area contributed by atoms with Crippen molar-refractivity contribution in [1.82, 2.24) is 0 Å². The van der Waals surface area contributed by atoms with Gasteiger partial charge in [-0.1, -0.05) is 26.2 Å². The van der Waals surface area contributed by atoms with Gasteiger partial charge >= 0.3 is 0 Å². The van der Waals surface area contributed by atoms with E-state index in [1.54, 1.807) is 0 Å². The van der Waals surface area contributed by atoms with Crippen LogP contribution in [0.1, 0.15) is 44.2 Å². The monoisotopic (exact) mass is 231 g/mol. The highest BCUT2D eigenvalue weighted by Crippen LogP contribution is 2.24. The second kappa shape index (κ2) is 5.89. The molecule has 0 fully saturated rings. The van der Waals surface area contributed by atoms with Gasteiger partial charge in [0.25, 0.3) is 0 Å². The first-order chi connectivity index (χ1) is 7.57. The molecule has 0 unspecified atom stereocenters. The van der Waals surface area contributed by atoms with Crippen LogP contribution in [-0.4, -0.2) is 0 Å². The van der Waals surface area contributed by atoms with E-state index in [1.807, 2.05) is 6.92 Å². The summed E-state index contributed by atoms with van der Waals surface area (Å²) in [6, 6.07) is 0.905. The van der Waals surface area contributed by atoms with Crippen LogP contribution in [0.3, 0.4) is 0 Å². The lowest BCUT2D eigenvalue weighted by Gasteiger charge is -2.13. The molecule has 0 amide bonds. The summed E-state index contributed by atoms with van der Waals surface area (Å²) in [6.07, 6.45) is 3.20. The van der Waals surface area contributed by atoms with Gasteiger partial charge in [0.2, 0.25) is 0 Å². The van der Waals surface area contributed by atoms with Gasteiger partial charge in [0.15, 0.2) is 11.6 Å². The number of halogens is 3. The third-order valence-corrected chi connectivity index (χ3v) is 2.57. The minimum atomic E-state index is -1.16. The molecule has 0 radical (unpaired) electrons. The summed E-state index contributed by atoms with van der Waals surface area (Å²) in [5, 5.41) is 0. The van der Waals surface area contributed by atoms with Gasteiger partial charge in [-0.2, -0.15) is 0 Å². The average Bonchev–Trinajstić information content (AvgIpc) is 2.24. The molecule has 1 atom stereocenters. The van der Waals surface area contributed by atoms with Crippen molar-refractivity contribution in [2.24, 2.45) is 5.73 Å². The summed E-state index contributed by atoms with van der Waals surface area (Å²) in [5.74, 6) is -2.99. The number of hydrogen-bond donors (Lipinski definition) is 1. The molecule has 4 heteroatoms. The van der Waals surface area contributed by atoms with Crippen LogP contribution in [0.25, 0.3) is 0 Å². The molecular formula is C12H16F3N. The second-order valence-corrected chi connectivity index (χ2v) is 3.86. The van der Waals surface area contributed by atoms with Crippen molar-refractivity contribution in [1.29, 1.82) is 0 Å². The van der Waals surface area contributed by atoms with E-state index in [0.29, 0.717) is 6.42 Å². The van der Waals surface area contributed by atoms with Gasteiger partial charge in [-0.3, -0.25) is 0 Å². The zero-order chi connectivity index (χ0) is 12.1. The van der Waals surface area contributed by atoms with Crippen molar-refractivity contribution < 1.29 is 13.2 Å². The van der Waals surface area contributed by atoms with E-state index in [1.165, 1.54) is 0 Å². The zero-order valence-corrected chi connectivity index (χ0v) is 9.27. The van der Waals surface area contributed by atoms with Crippen LogP contribution in [0.4, 0.5) is 13.2 Å². The molecule has 0 aliphatic heterocycles. The fourth-order valence-electron chi connectivity index (χ4n) is 1.64. The third-order valence-electron chi connectivity index (χ3n) is 2.57. The van der Waals surface area contributed by atoms with E-state index in [2.05, 4.69) is 0 Å². The summed E-state index contributed by atoms with van der Waals surface area (Å²) < 4.78 is 39.5. The van der Waals surface area contributed by atoms with E-state index >= 15 is 0 Å². The Morgan fingerprint density at radius 1 is 1.12 bits per heavy atom. The Hall–Kier alpha value is -1.03. The van der Waals surface area contributed by atoms with Crippen molar-refractivity contribution >= 4 is 0 Å². The molecular weight excluding hydrogens is 215 g/mol. The largest absolute Gasteiger partial charge is 0.324 e. The third kappa shape index (κ3) is 2.98. The number of unbranched alkanes of at least 4 members (excludes halogenated alkanes) is 2. The summed E-state index contributed by atoms with van der Waals surface area (Å²) in [7, 11) is 0. The van der Waals surface area contributed by atoms with E-state index in [9.17, 15) is 13.2 Å². The van der Waals surface area contributed by atoms with Gasteiger partial charge in [-0.15, -0.1) is 0 Å². The minimum absolute atomic E-state index is 0.337. The second-order valence-electron chi connectivity index (χ2n) is 3.86. The van der Waals surface area contributed by atoms with Crippen molar-refractivity contribution in [3.63, 3.8) is 0 Å². The fourth-order valence-corrected chi connectivity index (χ4v) is 1.64. The number of benzene rings is 1. The molecule has 1 aromatic carbocycles. The lowest BCUT2D eigenvalue weighted by Crippen LogP contribution is -2.15. The first-order valence-electron chi connectivity index (χ1n) is 5.46. The van der Waals surface area contributed by atoms with Crippen molar-refractivity contribution in [2.75, 3.05) is 0 Å². The van der Waals surface area contributed by atoms with Crippen LogP contribution in [0.2, 0.25) is 0 Å². The molecule has 0 bridgehead atoms. The van der Waals surface area contributed by atoms with Crippen molar-refractivity contribution in [3.8, 4) is 0 Å². The van der Waals surface area contributed by atoms with Crippen LogP contribution in [0, 0.1) is 17.5 Å². The van der Waals surface area contributed by atoms with Crippen molar-refractivity contribution in [2.45, 2.75) is 38.6 Å². The van der Waals surface area contributed by atoms with Gasteiger partial charge in [0.1, 0.15) is 5.82 Å². The fraction of sp³-hybridized carbons (Fsp3) is 0.500. The van der Waals surface area contributed by atoms with Gasteiger partial charge in [0, 0.05) is 11.6 Å². The van der Waals surface area contributed by atoms with Crippen LogP contribution in [0.15, 0.2) is 12.1 Å². The van der Waals surface area contributed by atoms with E-state index in [0.717, 1.165) is 31.4 Å². The lowest BCUT2D eigenvalue weighted by atomic mass is 10.00. The molecule has 1 rings (SSSR count). The molecule has 0 heterocycles. The molecule has 0 saturated carbocycles. The maximum Gasteiger partial charge on any atom is 0.166 e. The topological polar surface area (TPSA) is 26.0 Å². The molecule has 1 aromatic rings. The quantitative estimate of drug-likeness (QED) is 0.607. The number of hydrogen-bond acceptors (Lipinski definition) is 1. The smallest absolute Gasteiger partial charge is 0.166 e. The number of nitrogens with two attached hydrogens (primary N) is 1. The highest BCUT2D eigenvalue weighted by Gasteiger charge is 2.19. The molecule has 0 aliphatic carbocycles. The van der Waals surface area contributed by atoms with Gasteiger partial charge in [-0.25, -0.2) is 13.2 Å². The normalized spacial score (nSPS) is 12.8. The Bertz CT molecular complexity index is 352. The summed E-state index contributed by atoms with van der Waals surface area (Å²) in [4.78, 5) is 0.